The zero-order chi connectivity index (χ0) is 7.82. The van der Waals surface area contributed by atoms with Crippen molar-refractivity contribution in [1.82, 2.24) is 0 Å². The molecule has 0 bridgehead atoms. The molecule has 0 spiro atoms. The van der Waals surface area contributed by atoms with Crippen molar-refractivity contribution < 1.29 is 9.53 Å². The molecule has 0 aliphatic carbocycles. The van der Waals surface area contributed by atoms with Gasteiger partial charge in [0.25, 0.3) is 0 Å². The van der Waals surface area contributed by atoms with E-state index in [1.54, 1.807) is 0 Å². The van der Waals surface area contributed by atoms with Gasteiger partial charge in [-0.25, -0.2) is 0 Å². The zero-order valence-electron chi connectivity index (χ0n) is 7.56. The molecule has 0 atom stereocenters. The summed E-state index contributed by atoms with van der Waals surface area (Å²) < 4.78 is 4.75. The van der Waals surface area contributed by atoms with Crippen LogP contribution < -0.4 is 0 Å². The normalized spacial score (nSPS) is 8.55. The van der Waals surface area contributed by atoms with Crippen molar-refractivity contribution in [3.05, 3.63) is 0 Å². The van der Waals surface area contributed by atoms with Crippen LogP contribution in [0.5, 0.6) is 0 Å². The standard InChI is InChI=1S/C8H16O2.Sn.2H/c1-3-4-5-6-7-10-8(2)9;;;/h3-7H2,1-2H3;;;. The number of ether oxygens (including phenoxy) is 1. The van der Waals surface area contributed by atoms with E-state index in [-0.39, 0.29) is 29.9 Å². The summed E-state index contributed by atoms with van der Waals surface area (Å²) in [5.74, 6) is -0.170. The van der Waals surface area contributed by atoms with E-state index >= 15 is 0 Å². The van der Waals surface area contributed by atoms with Crippen molar-refractivity contribution in [3.8, 4) is 0 Å². The summed E-state index contributed by atoms with van der Waals surface area (Å²) in [7, 11) is 0. The summed E-state index contributed by atoms with van der Waals surface area (Å²) in [6, 6.07) is 0. The van der Waals surface area contributed by atoms with Crippen LogP contribution in [0.15, 0.2) is 0 Å². The molecule has 0 saturated heterocycles. The Bertz CT molecular complexity index is 94.1. The zero-order valence-corrected chi connectivity index (χ0v) is 11.6. The van der Waals surface area contributed by atoms with Crippen LogP contribution in [-0.4, -0.2) is 36.5 Å². The molecule has 11 heavy (non-hydrogen) atoms. The molecule has 0 aromatic carbocycles. The van der Waals surface area contributed by atoms with Gasteiger partial charge in [0.15, 0.2) is 0 Å². The topological polar surface area (TPSA) is 26.3 Å². The van der Waals surface area contributed by atoms with E-state index in [2.05, 4.69) is 6.92 Å². The van der Waals surface area contributed by atoms with Crippen molar-refractivity contribution in [2.75, 3.05) is 6.61 Å². The summed E-state index contributed by atoms with van der Waals surface area (Å²) in [5.41, 5.74) is 0. The molecule has 0 saturated carbocycles. The summed E-state index contributed by atoms with van der Waals surface area (Å²) in [6.45, 7) is 4.20. The molecule has 0 aliphatic rings. The molecule has 0 fully saturated rings. The third-order valence-electron chi connectivity index (χ3n) is 1.30. The van der Waals surface area contributed by atoms with Crippen molar-refractivity contribution in [3.63, 3.8) is 0 Å². The monoisotopic (exact) mass is 266 g/mol. The van der Waals surface area contributed by atoms with Crippen molar-refractivity contribution in [2.24, 2.45) is 0 Å². The fourth-order valence-corrected chi connectivity index (χ4v) is 0.745. The summed E-state index contributed by atoms with van der Waals surface area (Å²) >= 11 is 0. The Hall–Kier alpha value is 0.269. The third-order valence-corrected chi connectivity index (χ3v) is 1.30. The molecule has 0 aromatic heterocycles. The average Bonchev–Trinajstić information content (AvgIpc) is 1.87. The van der Waals surface area contributed by atoms with Crippen molar-refractivity contribution in [1.29, 1.82) is 0 Å². The molecule has 0 rings (SSSR count). The summed E-state index contributed by atoms with van der Waals surface area (Å²) in [6.07, 6.45) is 4.64. The van der Waals surface area contributed by atoms with Crippen molar-refractivity contribution in [2.45, 2.75) is 39.5 Å². The second-order valence-corrected chi connectivity index (χ2v) is 2.40. The van der Waals surface area contributed by atoms with Gasteiger partial charge in [0, 0.05) is 6.92 Å². The number of carbonyl (C=O) groups is 1. The predicted octanol–water partition coefficient (Wildman–Crippen LogP) is 1.21. The van der Waals surface area contributed by atoms with Crippen LogP contribution in [0, 0.1) is 0 Å². The van der Waals surface area contributed by atoms with Crippen LogP contribution in [0.1, 0.15) is 39.5 Å². The second kappa shape index (κ2) is 10.3. The molecule has 2 radical (unpaired) electrons. The first-order valence-corrected chi connectivity index (χ1v) is 3.90. The number of rotatable bonds is 5. The molecule has 0 N–H and O–H groups in total. The number of carbonyl (C=O) groups excluding carboxylic acids is 1. The molecule has 2 nitrogen and oxygen atoms in total. The van der Waals surface area contributed by atoms with Gasteiger partial charge in [-0.2, -0.15) is 0 Å². The van der Waals surface area contributed by atoms with Crippen LogP contribution in [0.2, 0.25) is 0 Å². The Morgan fingerprint density at radius 3 is 2.36 bits per heavy atom. The maximum absolute atomic E-state index is 10.3. The van der Waals surface area contributed by atoms with Gasteiger partial charge in [-0.1, -0.05) is 26.2 Å². The van der Waals surface area contributed by atoms with E-state index in [0.29, 0.717) is 6.61 Å². The van der Waals surface area contributed by atoms with Crippen LogP contribution in [0.3, 0.4) is 0 Å². The van der Waals surface area contributed by atoms with E-state index in [4.69, 9.17) is 4.74 Å². The number of hydrogen-bond donors (Lipinski definition) is 0. The third kappa shape index (κ3) is 13.3. The van der Waals surface area contributed by atoms with Gasteiger partial charge in [-0.15, -0.1) is 0 Å². The van der Waals surface area contributed by atoms with Gasteiger partial charge in [0.05, 0.1) is 6.61 Å². The van der Waals surface area contributed by atoms with Gasteiger partial charge in [0.1, 0.15) is 0 Å². The Kier molecular flexibility index (Phi) is 12.9. The molecule has 66 valence electrons. The van der Waals surface area contributed by atoms with Crippen LogP contribution in [0.25, 0.3) is 0 Å². The molecular formula is C8H18O2Sn. The minimum atomic E-state index is -0.170. The maximum atomic E-state index is 10.3. The fourth-order valence-electron chi connectivity index (χ4n) is 0.745. The first-order chi connectivity index (χ1) is 4.77. The number of hydrogen-bond acceptors (Lipinski definition) is 2. The van der Waals surface area contributed by atoms with Gasteiger partial charge < -0.3 is 4.74 Å². The van der Waals surface area contributed by atoms with Crippen LogP contribution in [-0.2, 0) is 9.53 Å². The molecular weight excluding hydrogens is 247 g/mol. The van der Waals surface area contributed by atoms with E-state index in [0.717, 1.165) is 6.42 Å². The average molecular weight is 265 g/mol. The quantitative estimate of drug-likeness (QED) is 0.424. The van der Waals surface area contributed by atoms with Crippen LogP contribution >= 0.6 is 0 Å². The van der Waals surface area contributed by atoms with Gasteiger partial charge in [0.2, 0.25) is 0 Å². The number of unbranched alkanes of at least 4 members (excludes halogenated alkanes) is 3. The molecule has 0 heterocycles. The summed E-state index contributed by atoms with van der Waals surface area (Å²) in [4.78, 5) is 10.3. The molecule has 0 aliphatic heterocycles. The van der Waals surface area contributed by atoms with Gasteiger partial charge in [-0.3, -0.25) is 4.79 Å². The van der Waals surface area contributed by atoms with Gasteiger partial charge in [-0.05, 0) is 6.42 Å². The summed E-state index contributed by atoms with van der Waals surface area (Å²) in [5, 5.41) is 0. The molecule has 0 amide bonds. The van der Waals surface area contributed by atoms with E-state index in [1.165, 1.54) is 26.2 Å². The Labute approximate surface area is 85.6 Å². The van der Waals surface area contributed by atoms with Crippen LogP contribution in [0.4, 0.5) is 0 Å². The minimum absolute atomic E-state index is 0. The number of esters is 1. The predicted molar refractivity (Wildman–Crippen MR) is 49.3 cm³/mol. The van der Waals surface area contributed by atoms with Crippen molar-refractivity contribution >= 4 is 29.9 Å². The Balaban J connectivity index is 0. The molecule has 0 unspecified atom stereocenters. The Morgan fingerprint density at radius 2 is 1.91 bits per heavy atom. The first-order valence-electron chi connectivity index (χ1n) is 3.90. The Morgan fingerprint density at radius 1 is 1.27 bits per heavy atom. The van der Waals surface area contributed by atoms with Gasteiger partial charge >= 0.3 is 29.9 Å². The van der Waals surface area contributed by atoms with E-state index < -0.39 is 0 Å². The van der Waals surface area contributed by atoms with E-state index in [9.17, 15) is 4.79 Å². The molecule has 3 heteroatoms. The molecule has 0 aromatic rings. The SMILES string of the molecule is CCCCCCOC(C)=O.[SnH2]. The first kappa shape index (κ1) is 13.8. The van der Waals surface area contributed by atoms with E-state index in [1.807, 2.05) is 0 Å². The fraction of sp³-hybridized carbons (Fsp3) is 0.875. The second-order valence-electron chi connectivity index (χ2n) is 2.40.